The van der Waals surface area contributed by atoms with E-state index in [0.29, 0.717) is 17.8 Å². The zero-order valence-electron chi connectivity index (χ0n) is 6.01. The zero-order valence-corrected chi connectivity index (χ0v) is 6.01. The molecule has 2 atom stereocenters. The third-order valence-electron chi connectivity index (χ3n) is 2.89. The largest absolute Gasteiger partial charge is 0.316 e. The van der Waals surface area contributed by atoms with Crippen LogP contribution < -0.4 is 5.32 Å². The Labute approximate surface area is 61.2 Å². The van der Waals surface area contributed by atoms with Crippen molar-refractivity contribution in [3.8, 4) is 6.07 Å². The van der Waals surface area contributed by atoms with Gasteiger partial charge in [0, 0.05) is 0 Å². The van der Waals surface area contributed by atoms with Crippen LogP contribution in [0.5, 0.6) is 0 Å². The van der Waals surface area contributed by atoms with E-state index in [1.165, 1.54) is 12.8 Å². The van der Waals surface area contributed by atoms with Gasteiger partial charge in [-0.25, -0.2) is 0 Å². The average Bonchev–Trinajstić information content (AvgIpc) is 2.19. The molecular weight excluding hydrogens is 124 g/mol. The summed E-state index contributed by atoms with van der Waals surface area (Å²) in [7, 11) is 0. The summed E-state index contributed by atoms with van der Waals surface area (Å²) in [6.07, 6.45) is 2.55. The highest BCUT2D eigenvalue weighted by Crippen LogP contribution is 2.38. The van der Waals surface area contributed by atoms with E-state index in [-0.39, 0.29) is 0 Å². The Morgan fingerprint density at radius 2 is 1.80 bits per heavy atom. The second-order valence-electron chi connectivity index (χ2n) is 3.41. The van der Waals surface area contributed by atoms with Gasteiger partial charge < -0.3 is 5.32 Å². The van der Waals surface area contributed by atoms with Gasteiger partial charge in [-0.2, -0.15) is 5.26 Å². The van der Waals surface area contributed by atoms with Crippen molar-refractivity contribution in [3.05, 3.63) is 0 Å². The molecule has 0 radical (unpaired) electrons. The number of nitrogens with one attached hydrogen (secondary N) is 1. The molecule has 1 heterocycles. The number of hydrogen-bond acceptors (Lipinski definition) is 2. The van der Waals surface area contributed by atoms with Crippen molar-refractivity contribution in [1.29, 1.82) is 5.26 Å². The van der Waals surface area contributed by atoms with Gasteiger partial charge in [0.1, 0.15) is 0 Å². The van der Waals surface area contributed by atoms with Gasteiger partial charge in [0.15, 0.2) is 0 Å². The van der Waals surface area contributed by atoms with Crippen LogP contribution in [0.3, 0.4) is 0 Å². The fraction of sp³-hybridized carbons (Fsp3) is 0.875. The third kappa shape index (κ3) is 0.741. The van der Waals surface area contributed by atoms with Gasteiger partial charge in [-0.3, -0.25) is 0 Å². The molecule has 10 heavy (non-hydrogen) atoms. The van der Waals surface area contributed by atoms with E-state index in [2.05, 4.69) is 11.4 Å². The second-order valence-corrected chi connectivity index (χ2v) is 3.41. The van der Waals surface area contributed by atoms with E-state index in [4.69, 9.17) is 5.26 Å². The molecule has 2 bridgehead atoms. The van der Waals surface area contributed by atoms with Crippen LogP contribution in [0.4, 0.5) is 0 Å². The first-order chi connectivity index (χ1) is 4.92. The summed E-state index contributed by atoms with van der Waals surface area (Å²) in [5.41, 5.74) is 0. The highest BCUT2D eigenvalue weighted by atomic mass is 14.9. The minimum Gasteiger partial charge on any atom is -0.316 e. The lowest BCUT2D eigenvalue weighted by Gasteiger charge is -2.24. The van der Waals surface area contributed by atoms with E-state index >= 15 is 0 Å². The molecule has 2 heteroatoms. The molecular formula is C8H12N2. The first-order valence-electron chi connectivity index (χ1n) is 4.02. The monoisotopic (exact) mass is 136 g/mol. The first kappa shape index (κ1) is 6.18. The normalized spacial score (nSPS) is 44.9. The maximum atomic E-state index is 8.79. The van der Waals surface area contributed by atoms with Crippen LogP contribution in [0, 0.1) is 29.1 Å². The molecule has 0 aromatic heterocycles. The number of fused-ring (bicyclic) bond motifs is 2. The van der Waals surface area contributed by atoms with Crippen molar-refractivity contribution < 1.29 is 0 Å². The van der Waals surface area contributed by atoms with E-state index in [1.54, 1.807) is 0 Å². The van der Waals surface area contributed by atoms with Crippen LogP contribution in [0.25, 0.3) is 0 Å². The Morgan fingerprint density at radius 1 is 1.20 bits per heavy atom. The van der Waals surface area contributed by atoms with Gasteiger partial charge >= 0.3 is 0 Å². The third-order valence-corrected chi connectivity index (χ3v) is 2.89. The molecule has 1 aliphatic carbocycles. The molecule has 2 rings (SSSR count). The Balaban J connectivity index is 2.15. The summed E-state index contributed by atoms with van der Waals surface area (Å²) in [5, 5.41) is 12.2. The molecule has 1 N–H and O–H groups in total. The zero-order chi connectivity index (χ0) is 6.97. The molecule has 0 aromatic carbocycles. The molecule has 1 saturated heterocycles. The lowest BCUT2D eigenvalue weighted by Crippen LogP contribution is -2.37. The minimum absolute atomic E-state index is 0.376. The summed E-state index contributed by atoms with van der Waals surface area (Å²) in [4.78, 5) is 0. The van der Waals surface area contributed by atoms with Gasteiger partial charge in [-0.1, -0.05) is 0 Å². The van der Waals surface area contributed by atoms with E-state index < -0.39 is 0 Å². The van der Waals surface area contributed by atoms with Crippen LogP contribution in [0.15, 0.2) is 0 Å². The quantitative estimate of drug-likeness (QED) is 0.533. The number of nitriles is 1. The summed E-state index contributed by atoms with van der Waals surface area (Å²) >= 11 is 0. The van der Waals surface area contributed by atoms with Gasteiger partial charge in [-0.05, 0) is 37.8 Å². The van der Waals surface area contributed by atoms with Gasteiger partial charge in [0.2, 0.25) is 0 Å². The average molecular weight is 136 g/mol. The van der Waals surface area contributed by atoms with Crippen molar-refractivity contribution >= 4 is 0 Å². The number of hydrogen-bond donors (Lipinski definition) is 1. The molecule has 2 fully saturated rings. The highest BCUT2D eigenvalue weighted by Gasteiger charge is 2.38. The molecule has 2 aliphatic rings. The highest BCUT2D eigenvalue weighted by molar-refractivity contribution is 5.01. The second kappa shape index (κ2) is 2.25. The Bertz CT molecular complexity index is 155. The number of nitrogens with zero attached hydrogens (tertiary/aromatic N) is 1. The van der Waals surface area contributed by atoms with Crippen molar-refractivity contribution in [2.24, 2.45) is 17.8 Å². The molecule has 1 saturated carbocycles. The predicted octanol–water partition coefficient (Wildman–Crippen LogP) is 0.756. The fourth-order valence-corrected chi connectivity index (χ4v) is 2.30. The minimum atomic E-state index is 0.376. The van der Waals surface area contributed by atoms with Crippen molar-refractivity contribution in [3.63, 3.8) is 0 Å². The molecule has 0 unspecified atom stereocenters. The van der Waals surface area contributed by atoms with Gasteiger partial charge in [0.25, 0.3) is 0 Å². The SMILES string of the molecule is N#CC1[C@H]2CC[C@H]1CNC2. The molecule has 0 amide bonds. The number of piperidine rings is 1. The fourth-order valence-electron chi connectivity index (χ4n) is 2.30. The van der Waals surface area contributed by atoms with Crippen LogP contribution in [0.1, 0.15) is 12.8 Å². The smallest absolute Gasteiger partial charge is 0.0662 e. The summed E-state index contributed by atoms with van der Waals surface area (Å²) in [5.74, 6) is 1.72. The van der Waals surface area contributed by atoms with Gasteiger partial charge in [0.05, 0.1) is 12.0 Å². The summed E-state index contributed by atoms with van der Waals surface area (Å²) in [6, 6.07) is 2.43. The first-order valence-corrected chi connectivity index (χ1v) is 4.02. The van der Waals surface area contributed by atoms with Crippen LogP contribution in [0.2, 0.25) is 0 Å². The van der Waals surface area contributed by atoms with Crippen LogP contribution in [-0.2, 0) is 0 Å². The van der Waals surface area contributed by atoms with Crippen molar-refractivity contribution in [2.75, 3.05) is 13.1 Å². The lowest BCUT2D eigenvalue weighted by molar-refractivity contribution is 0.305. The molecule has 0 spiro atoms. The maximum Gasteiger partial charge on any atom is 0.0662 e. The molecule has 54 valence electrons. The Morgan fingerprint density at radius 3 is 2.20 bits per heavy atom. The van der Waals surface area contributed by atoms with Crippen LogP contribution >= 0.6 is 0 Å². The van der Waals surface area contributed by atoms with E-state index in [1.807, 2.05) is 0 Å². The molecule has 1 aliphatic heterocycles. The predicted molar refractivity (Wildman–Crippen MR) is 38.2 cm³/mol. The van der Waals surface area contributed by atoms with E-state index in [0.717, 1.165) is 13.1 Å². The topological polar surface area (TPSA) is 35.8 Å². The number of rotatable bonds is 0. The lowest BCUT2D eigenvalue weighted by atomic mass is 9.88. The van der Waals surface area contributed by atoms with Gasteiger partial charge in [-0.15, -0.1) is 0 Å². The Hall–Kier alpha value is -0.550. The standard InChI is InChI=1S/C8H12N2/c9-3-8-6-1-2-7(8)5-10-4-6/h6-8,10H,1-2,4-5H2/t6-,7-/m0/s1. The van der Waals surface area contributed by atoms with Crippen LogP contribution in [-0.4, -0.2) is 13.1 Å². The molecule has 0 aromatic rings. The van der Waals surface area contributed by atoms with Crippen molar-refractivity contribution in [2.45, 2.75) is 12.8 Å². The Kier molecular flexibility index (Phi) is 1.39. The van der Waals surface area contributed by atoms with Crippen molar-refractivity contribution in [1.82, 2.24) is 5.32 Å². The molecule has 2 nitrogen and oxygen atoms in total. The summed E-state index contributed by atoms with van der Waals surface area (Å²) in [6.45, 7) is 2.16. The van der Waals surface area contributed by atoms with E-state index in [9.17, 15) is 0 Å². The maximum absolute atomic E-state index is 8.79. The summed E-state index contributed by atoms with van der Waals surface area (Å²) < 4.78 is 0.